The Balaban J connectivity index is 1.81. The van der Waals surface area contributed by atoms with E-state index < -0.39 is 6.10 Å². The lowest BCUT2D eigenvalue weighted by Crippen LogP contribution is -2.30. The normalized spacial score (nSPS) is 12.3. The van der Waals surface area contributed by atoms with Crippen molar-refractivity contribution < 1.29 is 9.90 Å². The summed E-state index contributed by atoms with van der Waals surface area (Å²) in [6.45, 7) is 0.237. The van der Waals surface area contributed by atoms with E-state index in [4.69, 9.17) is 0 Å². The maximum absolute atomic E-state index is 11.6. The average Bonchev–Trinajstić information content (AvgIpc) is 2.97. The van der Waals surface area contributed by atoms with Crippen molar-refractivity contribution in [3.63, 3.8) is 0 Å². The van der Waals surface area contributed by atoms with Crippen LogP contribution < -0.4 is 5.32 Å². The van der Waals surface area contributed by atoms with E-state index in [9.17, 15) is 9.90 Å². The molecular formula is C13H16N2O2S. The number of nitrogens with one attached hydrogen (secondary N) is 1. The quantitative estimate of drug-likeness (QED) is 0.859. The summed E-state index contributed by atoms with van der Waals surface area (Å²) in [6.07, 6.45) is 1.56. The third-order valence-electron chi connectivity index (χ3n) is 2.76. The fraction of sp³-hybridized carbons (Fsp3) is 0.308. The highest BCUT2D eigenvalue weighted by Gasteiger charge is 2.12. The van der Waals surface area contributed by atoms with Crippen molar-refractivity contribution in [2.45, 2.75) is 12.5 Å². The van der Waals surface area contributed by atoms with Crippen molar-refractivity contribution in [1.82, 2.24) is 9.88 Å². The number of hydrogen-bond donors (Lipinski definition) is 2. The van der Waals surface area contributed by atoms with Crippen LogP contribution in [0.5, 0.6) is 0 Å². The van der Waals surface area contributed by atoms with Gasteiger partial charge in [0.2, 0.25) is 5.91 Å². The van der Waals surface area contributed by atoms with E-state index in [2.05, 4.69) is 5.32 Å². The topological polar surface area (TPSA) is 54.3 Å². The number of carbonyl (C=O) groups excluding carboxylic acids is 1. The highest BCUT2D eigenvalue weighted by Crippen LogP contribution is 2.11. The predicted octanol–water partition coefficient (Wildman–Crippen LogP) is 1.48. The molecule has 0 bridgehead atoms. The molecule has 2 N–H and O–H groups in total. The molecule has 1 amide bonds. The van der Waals surface area contributed by atoms with E-state index in [1.165, 1.54) is 0 Å². The fourth-order valence-corrected chi connectivity index (χ4v) is 2.45. The molecule has 0 saturated carbocycles. The number of aryl methyl sites for hydroxylation is 1. The summed E-state index contributed by atoms with van der Waals surface area (Å²) in [5, 5.41) is 16.6. The Kier molecular flexibility index (Phi) is 4.17. The van der Waals surface area contributed by atoms with Gasteiger partial charge in [0.15, 0.2) is 0 Å². The summed E-state index contributed by atoms with van der Waals surface area (Å²) in [4.78, 5) is 11.6. The molecule has 96 valence electrons. The molecule has 0 aromatic carbocycles. The van der Waals surface area contributed by atoms with Gasteiger partial charge in [0.05, 0.1) is 6.42 Å². The number of aromatic nitrogens is 1. The highest BCUT2D eigenvalue weighted by molar-refractivity contribution is 7.07. The minimum atomic E-state index is -0.670. The maximum atomic E-state index is 11.6. The van der Waals surface area contributed by atoms with Crippen molar-refractivity contribution >= 4 is 17.2 Å². The third kappa shape index (κ3) is 3.21. The Morgan fingerprint density at radius 1 is 1.56 bits per heavy atom. The van der Waals surface area contributed by atoms with E-state index in [1.54, 1.807) is 11.3 Å². The van der Waals surface area contributed by atoms with E-state index in [-0.39, 0.29) is 12.5 Å². The highest BCUT2D eigenvalue weighted by atomic mass is 32.1. The number of hydrogen-bond acceptors (Lipinski definition) is 3. The van der Waals surface area contributed by atoms with Gasteiger partial charge in [0.1, 0.15) is 6.10 Å². The Bertz CT molecular complexity index is 505. The Morgan fingerprint density at radius 2 is 2.39 bits per heavy atom. The molecule has 2 aromatic heterocycles. The lowest BCUT2D eigenvalue weighted by molar-refractivity contribution is -0.120. The first-order valence-electron chi connectivity index (χ1n) is 5.74. The van der Waals surface area contributed by atoms with E-state index >= 15 is 0 Å². The van der Waals surface area contributed by atoms with E-state index in [1.807, 2.05) is 46.8 Å². The number of carbonyl (C=O) groups is 1. The van der Waals surface area contributed by atoms with Gasteiger partial charge < -0.3 is 15.0 Å². The zero-order valence-electron chi connectivity index (χ0n) is 10.2. The molecule has 2 heterocycles. The zero-order valence-corrected chi connectivity index (χ0v) is 11.0. The van der Waals surface area contributed by atoms with Crippen LogP contribution in [0.4, 0.5) is 0 Å². The molecule has 5 heteroatoms. The van der Waals surface area contributed by atoms with Crippen LogP contribution in [0.15, 0.2) is 35.2 Å². The zero-order chi connectivity index (χ0) is 13.0. The van der Waals surface area contributed by atoms with Crippen molar-refractivity contribution in [2.75, 3.05) is 6.54 Å². The number of aliphatic hydroxyl groups is 1. The van der Waals surface area contributed by atoms with Crippen molar-refractivity contribution in [3.05, 3.63) is 46.4 Å². The van der Waals surface area contributed by atoms with Crippen LogP contribution >= 0.6 is 11.3 Å². The van der Waals surface area contributed by atoms with Crippen LogP contribution in [-0.4, -0.2) is 22.1 Å². The fourth-order valence-electron chi connectivity index (χ4n) is 1.78. The summed E-state index contributed by atoms with van der Waals surface area (Å²) >= 11 is 1.57. The molecule has 0 aliphatic heterocycles. The van der Waals surface area contributed by atoms with Crippen molar-refractivity contribution in [1.29, 1.82) is 0 Å². The minimum Gasteiger partial charge on any atom is -0.385 e. The summed E-state index contributed by atoms with van der Waals surface area (Å²) in [5.74, 6) is -0.0679. The molecule has 0 fully saturated rings. The summed E-state index contributed by atoms with van der Waals surface area (Å²) in [5.41, 5.74) is 1.80. The van der Waals surface area contributed by atoms with Gasteiger partial charge >= 0.3 is 0 Å². The number of amides is 1. The van der Waals surface area contributed by atoms with Gasteiger partial charge in [-0.15, -0.1) is 0 Å². The van der Waals surface area contributed by atoms with Crippen molar-refractivity contribution in [3.8, 4) is 0 Å². The van der Waals surface area contributed by atoms with Crippen LogP contribution in [-0.2, 0) is 18.3 Å². The van der Waals surface area contributed by atoms with Gasteiger partial charge in [-0.1, -0.05) is 0 Å². The first kappa shape index (κ1) is 12.9. The Hall–Kier alpha value is -1.59. The standard InChI is InChI=1S/C13H16N2O2S/c1-15-5-2-3-11(15)12(16)8-14-13(17)7-10-4-6-18-9-10/h2-6,9,12,16H,7-8H2,1H3,(H,14,17)/t12-/m0/s1. The largest absolute Gasteiger partial charge is 0.385 e. The molecular weight excluding hydrogens is 248 g/mol. The summed E-state index contributed by atoms with van der Waals surface area (Å²) in [6, 6.07) is 5.64. The number of thiophene rings is 1. The van der Waals surface area contributed by atoms with Crippen LogP contribution in [0.25, 0.3) is 0 Å². The van der Waals surface area contributed by atoms with Crippen LogP contribution in [0, 0.1) is 0 Å². The minimum absolute atomic E-state index is 0.0679. The first-order valence-corrected chi connectivity index (χ1v) is 6.68. The Morgan fingerprint density at radius 3 is 3.00 bits per heavy atom. The molecule has 0 spiro atoms. The van der Waals surface area contributed by atoms with Gasteiger partial charge in [-0.05, 0) is 34.5 Å². The molecule has 1 atom stereocenters. The molecule has 0 unspecified atom stereocenters. The van der Waals surface area contributed by atoms with Gasteiger partial charge in [-0.2, -0.15) is 11.3 Å². The predicted molar refractivity (Wildman–Crippen MR) is 71.4 cm³/mol. The van der Waals surface area contributed by atoms with Crippen LogP contribution in [0.1, 0.15) is 17.4 Å². The second kappa shape index (κ2) is 5.84. The van der Waals surface area contributed by atoms with Crippen LogP contribution in [0.3, 0.4) is 0 Å². The average molecular weight is 264 g/mol. The summed E-state index contributed by atoms with van der Waals surface area (Å²) < 4.78 is 1.84. The maximum Gasteiger partial charge on any atom is 0.224 e. The summed E-state index contributed by atoms with van der Waals surface area (Å²) in [7, 11) is 1.87. The van der Waals surface area contributed by atoms with Crippen molar-refractivity contribution in [2.24, 2.45) is 7.05 Å². The molecule has 0 radical (unpaired) electrons. The second-order valence-electron chi connectivity index (χ2n) is 4.17. The molecule has 0 saturated heterocycles. The molecule has 0 aliphatic carbocycles. The Labute approximate surface area is 110 Å². The molecule has 2 aromatic rings. The molecule has 4 nitrogen and oxygen atoms in total. The second-order valence-corrected chi connectivity index (χ2v) is 4.95. The lowest BCUT2D eigenvalue weighted by Gasteiger charge is -2.12. The third-order valence-corrected chi connectivity index (χ3v) is 3.49. The molecule has 0 aliphatic rings. The SMILES string of the molecule is Cn1cccc1[C@@H](O)CNC(=O)Cc1ccsc1. The molecule has 2 rings (SSSR count). The lowest BCUT2D eigenvalue weighted by atomic mass is 10.2. The molecule has 18 heavy (non-hydrogen) atoms. The van der Waals surface area contributed by atoms with E-state index in [0.29, 0.717) is 6.42 Å². The van der Waals surface area contributed by atoms with Gasteiger partial charge in [0, 0.05) is 25.5 Å². The smallest absolute Gasteiger partial charge is 0.224 e. The number of nitrogens with zero attached hydrogens (tertiary/aromatic N) is 1. The number of aliphatic hydroxyl groups excluding tert-OH is 1. The van der Waals surface area contributed by atoms with Gasteiger partial charge in [0.25, 0.3) is 0 Å². The number of rotatable bonds is 5. The monoisotopic (exact) mass is 264 g/mol. The van der Waals surface area contributed by atoms with E-state index in [0.717, 1.165) is 11.3 Å². The van der Waals surface area contributed by atoms with Gasteiger partial charge in [-0.25, -0.2) is 0 Å². The van der Waals surface area contributed by atoms with Gasteiger partial charge in [-0.3, -0.25) is 4.79 Å². The first-order chi connectivity index (χ1) is 8.66. The van der Waals surface area contributed by atoms with Crippen LogP contribution in [0.2, 0.25) is 0 Å².